The van der Waals surface area contributed by atoms with Crippen molar-refractivity contribution in [1.82, 2.24) is 10.1 Å². The Morgan fingerprint density at radius 2 is 1.96 bits per heavy atom. The highest BCUT2D eigenvalue weighted by Gasteiger charge is 2.29. The molecular weight excluding hydrogens is 334 g/mol. The van der Waals surface area contributed by atoms with Gasteiger partial charge in [-0.1, -0.05) is 35.5 Å². The zero-order valence-electron chi connectivity index (χ0n) is 15.0. The van der Waals surface area contributed by atoms with E-state index in [0.29, 0.717) is 49.7 Å². The number of hydrogen-bond acceptors (Lipinski definition) is 5. The number of aromatic nitrogens is 1. The number of likely N-dealkylation sites (tertiary alicyclic amines) is 1. The minimum absolute atomic E-state index is 0.129. The Hall–Kier alpha value is -2.83. The average Bonchev–Trinajstić information content (AvgIpc) is 3.03. The third-order valence-electron chi connectivity index (χ3n) is 4.54. The summed E-state index contributed by atoms with van der Waals surface area (Å²) in [5, 5.41) is 6.98. The van der Waals surface area contributed by atoms with Crippen molar-refractivity contribution >= 4 is 17.7 Å². The normalized spacial score (nSPS) is 14.9. The van der Waals surface area contributed by atoms with Crippen molar-refractivity contribution in [2.24, 2.45) is 5.92 Å². The van der Waals surface area contributed by atoms with E-state index in [2.05, 4.69) is 10.5 Å². The van der Waals surface area contributed by atoms with Gasteiger partial charge in [-0.25, -0.2) is 4.79 Å². The van der Waals surface area contributed by atoms with Crippen LogP contribution in [0.3, 0.4) is 0 Å². The molecule has 1 aromatic heterocycles. The molecule has 1 aliphatic heterocycles. The van der Waals surface area contributed by atoms with Crippen molar-refractivity contribution < 1.29 is 18.8 Å². The number of hydrogen-bond donors (Lipinski definition) is 1. The number of rotatable bonds is 4. The predicted molar refractivity (Wildman–Crippen MR) is 96.6 cm³/mol. The van der Waals surface area contributed by atoms with Crippen LogP contribution in [0.25, 0.3) is 11.3 Å². The Balaban J connectivity index is 1.65. The van der Waals surface area contributed by atoms with Gasteiger partial charge in [-0.15, -0.1) is 0 Å². The predicted octanol–water partition coefficient (Wildman–Crippen LogP) is 3.46. The SMILES string of the molecule is CCOC(=O)C1CCN(C(=O)Nc2c(-c3ccccc3)noc2C)CC1. The summed E-state index contributed by atoms with van der Waals surface area (Å²) >= 11 is 0. The fraction of sp³-hybridized carbons (Fsp3) is 0.421. The van der Waals surface area contributed by atoms with E-state index in [4.69, 9.17) is 9.26 Å². The summed E-state index contributed by atoms with van der Waals surface area (Å²) < 4.78 is 10.3. The largest absolute Gasteiger partial charge is 0.466 e. The van der Waals surface area contributed by atoms with E-state index in [0.717, 1.165) is 5.56 Å². The van der Waals surface area contributed by atoms with Gasteiger partial charge in [0.1, 0.15) is 11.4 Å². The molecule has 0 unspecified atom stereocenters. The van der Waals surface area contributed by atoms with E-state index < -0.39 is 0 Å². The van der Waals surface area contributed by atoms with Gasteiger partial charge in [-0.2, -0.15) is 0 Å². The van der Waals surface area contributed by atoms with E-state index in [1.165, 1.54) is 0 Å². The molecule has 0 bridgehead atoms. The van der Waals surface area contributed by atoms with Crippen molar-refractivity contribution in [1.29, 1.82) is 0 Å². The Morgan fingerprint density at radius 3 is 2.62 bits per heavy atom. The number of amides is 2. The maximum Gasteiger partial charge on any atom is 0.322 e. The maximum atomic E-state index is 12.6. The fourth-order valence-corrected chi connectivity index (χ4v) is 3.08. The van der Waals surface area contributed by atoms with E-state index in [-0.39, 0.29) is 17.9 Å². The number of carbonyl (C=O) groups is 2. The molecule has 0 atom stereocenters. The second kappa shape index (κ2) is 8.03. The molecule has 1 saturated heterocycles. The lowest BCUT2D eigenvalue weighted by molar-refractivity contribution is -0.149. The minimum atomic E-state index is -0.212. The van der Waals surface area contributed by atoms with Crippen LogP contribution >= 0.6 is 0 Å². The van der Waals surface area contributed by atoms with Gasteiger partial charge in [0.05, 0.1) is 12.5 Å². The first kappa shape index (κ1) is 18.0. The Bertz CT molecular complexity index is 764. The Morgan fingerprint density at radius 1 is 1.27 bits per heavy atom. The first-order valence-electron chi connectivity index (χ1n) is 8.84. The Labute approximate surface area is 152 Å². The summed E-state index contributed by atoms with van der Waals surface area (Å²) in [4.78, 5) is 26.2. The van der Waals surface area contributed by atoms with Crippen LogP contribution in [-0.2, 0) is 9.53 Å². The van der Waals surface area contributed by atoms with Gasteiger partial charge in [0.25, 0.3) is 0 Å². The standard InChI is InChI=1S/C19H23N3O4/c1-3-25-18(23)15-9-11-22(12-10-15)19(24)20-16-13(2)26-21-17(16)14-7-5-4-6-8-14/h4-8,15H,3,9-12H2,1-2H3,(H,20,24). The fourth-order valence-electron chi connectivity index (χ4n) is 3.08. The molecule has 7 nitrogen and oxygen atoms in total. The number of nitrogens with zero attached hydrogens (tertiary/aromatic N) is 2. The molecule has 0 radical (unpaired) electrons. The molecule has 1 fully saturated rings. The number of esters is 1. The number of ether oxygens (including phenoxy) is 1. The van der Waals surface area contributed by atoms with E-state index in [1.54, 1.807) is 18.7 Å². The van der Waals surface area contributed by atoms with Gasteiger partial charge >= 0.3 is 12.0 Å². The van der Waals surface area contributed by atoms with Gasteiger partial charge in [0.15, 0.2) is 5.76 Å². The molecule has 7 heteroatoms. The van der Waals surface area contributed by atoms with Crippen LogP contribution in [0.1, 0.15) is 25.5 Å². The summed E-state index contributed by atoms with van der Waals surface area (Å²) in [7, 11) is 0. The van der Waals surface area contributed by atoms with E-state index >= 15 is 0 Å². The zero-order chi connectivity index (χ0) is 18.5. The van der Waals surface area contributed by atoms with Crippen LogP contribution in [0.4, 0.5) is 10.5 Å². The van der Waals surface area contributed by atoms with Crippen molar-refractivity contribution in [2.75, 3.05) is 25.0 Å². The number of benzene rings is 1. The van der Waals surface area contributed by atoms with Crippen LogP contribution < -0.4 is 5.32 Å². The van der Waals surface area contributed by atoms with Crippen LogP contribution in [0.15, 0.2) is 34.9 Å². The number of aryl methyl sites for hydroxylation is 1. The molecule has 0 aliphatic carbocycles. The van der Waals surface area contributed by atoms with Crippen LogP contribution in [0.5, 0.6) is 0 Å². The van der Waals surface area contributed by atoms with Crippen LogP contribution in [0, 0.1) is 12.8 Å². The maximum absolute atomic E-state index is 12.6. The van der Waals surface area contributed by atoms with Gasteiger partial charge in [-0.05, 0) is 26.7 Å². The van der Waals surface area contributed by atoms with Gasteiger partial charge < -0.3 is 19.5 Å². The molecule has 3 rings (SSSR count). The number of anilines is 1. The molecule has 26 heavy (non-hydrogen) atoms. The van der Waals surface area contributed by atoms with E-state index in [1.807, 2.05) is 30.3 Å². The molecule has 1 N–H and O–H groups in total. The van der Waals surface area contributed by atoms with Crippen molar-refractivity contribution in [3.8, 4) is 11.3 Å². The number of piperidine rings is 1. The molecule has 1 aromatic carbocycles. The Kier molecular flexibility index (Phi) is 5.55. The molecule has 2 aromatic rings. The molecule has 0 spiro atoms. The number of carbonyl (C=O) groups excluding carboxylic acids is 2. The summed E-state index contributed by atoms with van der Waals surface area (Å²) in [5.74, 6) is 0.253. The molecular formula is C19H23N3O4. The average molecular weight is 357 g/mol. The quantitative estimate of drug-likeness (QED) is 0.847. The minimum Gasteiger partial charge on any atom is -0.466 e. The summed E-state index contributed by atoms with van der Waals surface area (Å²) in [6, 6.07) is 9.35. The zero-order valence-corrected chi connectivity index (χ0v) is 15.0. The topological polar surface area (TPSA) is 84.7 Å². The van der Waals surface area contributed by atoms with Crippen LogP contribution in [0.2, 0.25) is 0 Å². The third-order valence-corrected chi connectivity index (χ3v) is 4.54. The lowest BCUT2D eigenvalue weighted by Gasteiger charge is -2.30. The summed E-state index contributed by atoms with van der Waals surface area (Å²) in [5.41, 5.74) is 2.06. The third kappa shape index (κ3) is 3.87. The second-order valence-electron chi connectivity index (χ2n) is 6.27. The van der Waals surface area contributed by atoms with Crippen molar-refractivity contribution in [3.05, 3.63) is 36.1 Å². The first-order valence-corrected chi connectivity index (χ1v) is 8.84. The molecule has 138 valence electrons. The van der Waals surface area contributed by atoms with Gasteiger partial charge in [-0.3, -0.25) is 4.79 Å². The summed E-state index contributed by atoms with van der Waals surface area (Å²) in [6.07, 6.45) is 1.22. The van der Waals surface area contributed by atoms with Gasteiger partial charge in [0.2, 0.25) is 0 Å². The highest BCUT2D eigenvalue weighted by Crippen LogP contribution is 2.30. The lowest BCUT2D eigenvalue weighted by atomic mass is 9.97. The molecule has 1 aliphatic rings. The first-order chi connectivity index (χ1) is 12.6. The molecule has 2 amide bonds. The second-order valence-corrected chi connectivity index (χ2v) is 6.27. The highest BCUT2D eigenvalue weighted by atomic mass is 16.5. The molecule has 2 heterocycles. The smallest absolute Gasteiger partial charge is 0.322 e. The number of nitrogens with one attached hydrogen (secondary N) is 1. The monoisotopic (exact) mass is 357 g/mol. The molecule has 0 saturated carbocycles. The van der Waals surface area contributed by atoms with Crippen LogP contribution in [-0.4, -0.2) is 41.8 Å². The van der Waals surface area contributed by atoms with E-state index in [9.17, 15) is 9.59 Å². The summed E-state index contributed by atoms with van der Waals surface area (Å²) in [6.45, 7) is 4.98. The number of urea groups is 1. The van der Waals surface area contributed by atoms with Gasteiger partial charge in [0, 0.05) is 18.7 Å². The lowest BCUT2D eigenvalue weighted by Crippen LogP contribution is -2.42. The highest BCUT2D eigenvalue weighted by molar-refractivity contribution is 5.94. The van der Waals surface area contributed by atoms with Crippen molar-refractivity contribution in [2.45, 2.75) is 26.7 Å². The van der Waals surface area contributed by atoms with Crippen molar-refractivity contribution in [3.63, 3.8) is 0 Å².